The maximum Gasteiger partial charge on any atom is 0.404 e. The fourth-order valence-corrected chi connectivity index (χ4v) is 2.81. The fraction of sp³-hybridized carbons (Fsp3) is 0.222. The maximum absolute atomic E-state index is 14.2. The van der Waals surface area contributed by atoms with Crippen LogP contribution in [0.25, 0.3) is 10.9 Å². The van der Waals surface area contributed by atoms with Crippen molar-refractivity contribution in [3.63, 3.8) is 0 Å². The molecule has 6 nitrogen and oxygen atoms in total. The zero-order chi connectivity index (χ0) is 17.8. The standard InChI is InChI=1S/C18H19FN4O2/c1-2-8-22(17-5-7-20-12-15(17)19)23-9-6-14-10-13(3-4-16(14)23)11-21-18(24)25/h3-7,9-10,12,21H,2,8,11H2,1H3,(H,24,25). The Morgan fingerprint density at radius 2 is 2.20 bits per heavy atom. The number of aromatic nitrogens is 2. The number of benzene rings is 1. The van der Waals surface area contributed by atoms with Gasteiger partial charge in [0.05, 0.1) is 17.4 Å². The quantitative estimate of drug-likeness (QED) is 0.718. The minimum absolute atomic E-state index is 0.244. The lowest BCUT2D eigenvalue weighted by molar-refractivity contribution is 0.194. The third-order valence-electron chi connectivity index (χ3n) is 3.90. The van der Waals surface area contributed by atoms with E-state index in [0.717, 1.165) is 22.9 Å². The van der Waals surface area contributed by atoms with Crippen LogP contribution in [0.5, 0.6) is 0 Å². The van der Waals surface area contributed by atoms with E-state index in [1.807, 2.05) is 47.1 Å². The predicted octanol–water partition coefficient (Wildman–Crippen LogP) is 3.62. The molecule has 7 heteroatoms. The predicted molar refractivity (Wildman–Crippen MR) is 94.0 cm³/mol. The molecule has 1 aromatic carbocycles. The summed E-state index contributed by atoms with van der Waals surface area (Å²) in [7, 11) is 0. The zero-order valence-corrected chi connectivity index (χ0v) is 13.8. The SMILES string of the molecule is CCCN(c1ccncc1F)n1ccc2cc(CNC(=O)O)ccc21. The van der Waals surface area contributed by atoms with Crippen LogP contribution in [0.4, 0.5) is 14.9 Å². The van der Waals surface area contributed by atoms with Gasteiger partial charge in [0.25, 0.3) is 0 Å². The van der Waals surface area contributed by atoms with Crippen molar-refractivity contribution >= 4 is 22.7 Å². The second kappa shape index (κ2) is 7.21. The molecule has 0 aliphatic heterocycles. The summed E-state index contributed by atoms with van der Waals surface area (Å²) in [5, 5.41) is 13.9. The van der Waals surface area contributed by atoms with Crippen LogP contribution in [-0.4, -0.2) is 27.4 Å². The zero-order valence-electron chi connectivity index (χ0n) is 13.8. The number of carboxylic acid groups (broad SMARTS) is 1. The van der Waals surface area contributed by atoms with Gasteiger partial charge in [-0.15, -0.1) is 0 Å². The van der Waals surface area contributed by atoms with Gasteiger partial charge < -0.3 is 10.4 Å². The van der Waals surface area contributed by atoms with E-state index in [9.17, 15) is 9.18 Å². The summed E-state index contributed by atoms with van der Waals surface area (Å²) in [6, 6.07) is 9.29. The molecule has 1 amide bonds. The van der Waals surface area contributed by atoms with Crippen LogP contribution in [0, 0.1) is 5.82 Å². The molecule has 25 heavy (non-hydrogen) atoms. The molecule has 0 saturated heterocycles. The number of amides is 1. The molecule has 2 heterocycles. The first-order chi connectivity index (χ1) is 12.1. The Labute approximate surface area is 144 Å². The molecular weight excluding hydrogens is 323 g/mol. The highest BCUT2D eigenvalue weighted by Gasteiger charge is 2.15. The van der Waals surface area contributed by atoms with Crippen molar-refractivity contribution in [3.8, 4) is 0 Å². The van der Waals surface area contributed by atoms with Gasteiger partial charge in [0.15, 0.2) is 5.82 Å². The fourth-order valence-electron chi connectivity index (χ4n) is 2.81. The van der Waals surface area contributed by atoms with E-state index < -0.39 is 6.09 Å². The van der Waals surface area contributed by atoms with Gasteiger partial charge in [0.2, 0.25) is 0 Å². The van der Waals surface area contributed by atoms with Crippen molar-refractivity contribution in [1.29, 1.82) is 0 Å². The lowest BCUT2D eigenvalue weighted by atomic mass is 10.1. The minimum Gasteiger partial charge on any atom is -0.465 e. The van der Waals surface area contributed by atoms with E-state index in [4.69, 9.17) is 5.11 Å². The van der Waals surface area contributed by atoms with E-state index in [-0.39, 0.29) is 12.4 Å². The molecule has 0 radical (unpaired) electrons. The van der Waals surface area contributed by atoms with Gasteiger partial charge in [0, 0.05) is 30.9 Å². The van der Waals surface area contributed by atoms with E-state index in [1.165, 1.54) is 6.20 Å². The number of nitrogens with one attached hydrogen (secondary N) is 1. The average molecular weight is 342 g/mol. The number of rotatable bonds is 6. The molecule has 0 aliphatic rings. The second-order valence-corrected chi connectivity index (χ2v) is 5.66. The molecule has 3 rings (SSSR count). The van der Waals surface area contributed by atoms with Crippen molar-refractivity contribution in [2.24, 2.45) is 0 Å². The summed E-state index contributed by atoms with van der Waals surface area (Å²) in [6.07, 6.45) is 4.46. The Kier molecular flexibility index (Phi) is 4.83. The monoisotopic (exact) mass is 342 g/mol. The van der Waals surface area contributed by atoms with E-state index in [0.29, 0.717) is 12.2 Å². The van der Waals surface area contributed by atoms with Crippen LogP contribution in [0.1, 0.15) is 18.9 Å². The van der Waals surface area contributed by atoms with Gasteiger partial charge in [-0.1, -0.05) is 13.0 Å². The Morgan fingerprint density at radius 3 is 2.92 bits per heavy atom. The molecular formula is C18H19FN4O2. The molecule has 0 atom stereocenters. The highest BCUT2D eigenvalue weighted by Crippen LogP contribution is 2.24. The Balaban J connectivity index is 1.98. The highest BCUT2D eigenvalue weighted by atomic mass is 19.1. The van der Waals surface area contributed by atoms with Gasteiger partial charge in [-0.25, -0.2) is 9.18 Å². The van der Waals surface area contributed by atoms with Crippen LogP contribution in [0.15, 0.2) is 48.9 Å². The summed E-state index contributed by atoms with van der Waals surface area (Å²) >= 11 is 0. The molecule has 0 fully saturated rings. The minimum atomic E-state index is -1.06. The summed E-state index contributed by atoms with van der Waals surface area (Å²) < 4.78 is 16.1. The van der Waals surface area contributed by atoms with E-state index >= 15 is 0 Å². The van der Waals surface area contributed by atoms with Crippen molar-refractivity contribution in [2.75, 3.05) is 11.6 Å². The van der Waals surface area contributed by atoms with Gasteiger partial charge >= 0.3 is 6.09 Å². The number of anilines is 1. The third kappa shape index (κ3) is 3.55. The largest absolute Gasteiger partial charge is 0.465 e. The summed E-state index contributed by atoms with van der Waals surface area (Å²) in [4.78, 5) is 14.4. The normalized spacial score (nSPS) is 10.8. The van der Waals surface area contributed by atoms with Crippen molar-refractivity contribution < 1.29 is 14.3 Å². The number of hydrogen-bond donors (Lipinski definition) is 2. The number of carbonyl (C=O) groups is 1. The van der Waals surface area contributed by atoms with Crippen LogP contribution < -0.4 is 10.3 Å². The maximum atomic E-state index is 14.2. The summed E-state index contributed by atoms with van der Waals surface area (Å²) in [6.45, 7) is 2.93. The number of fused-ring (bicyclic) bond motifs is 1. The number of pyridine rings is 1. The highest BCUT2D eigenvalue weighted by molar-refractivity contribution is 5.82. The van der Waals surface area contributed by atoms with Crippen LogP contribution >= 0.6 is 0 Å². The molecule has 0 aliphatic carbocycles. The molecule has 3 aromatic rings. The number of hydrogen-bond acceptors (Lipinski definition) is 3. The Hall–Kier alpha value is -3.09. The van der Waals surface area contributed by atoms with Crippen LogP contribution in [0.2, 0.25) is 0 Å². The topological polar surface area (TPSA) is 70.4 Å². The van der Waals surface area contributed by atoms with Crippen LogP contribution in [-0.2, 0) is 6.54 Å². The van der Waals surface area contributed by atoms with Crippen molar-refractivity contribution in [3.05, 3.63) is 60.3 Å². The van der Waals surface area contributed by atoms with Crippen LogP contribution in [0.3, 0.4) is 0 Å². The third-order valence-corrected chi connectivity index (χ3v) is 3.90. The van der Waals surface area contributed by atoms with Gasteiger partial charge in [-0.2, -0.15) is 0 Å². The molecule has 2 N–H and O–H groups in total. The lowest BCUT2D eigenvalue weighted by Gasteiger charge is -2.26. The van der Waals surface area contributed by atoms with Crippen molar-refractivity contribution in [2.45, 2.75) is 19.9 Å². The molecule has 0 spiro atoms. The molecule has 2 aromatic heterocycles. The van der Waals surface area contributed by atoms with Gasteiger partial charge in [0.1, 0.15) is 0 Å². The summed E-state index contributed by atoms with van der Waals surface area (Å²) in [5.74, 6) is -0.375. The molecule has 130 valence electrons. The summed E-state index contributed by atoms with van der Waals surface area (Å²) in [5.41, 5.74) is 2.25. The second-order valence-electron chi connectivity index (χ2n) is 5.66. The first-order valence-corrected chi connectivity index (χ1v) is 8.04. The average Bonchev–Trinajstić information content (AvgIpc) is 3.01. The first-order valence-electron chi connectivity index (χ1n) is 8.04. The first kappa shape index (κ1) is 16.8. The van der Waals surface area contributed by atoms with E-state index in [2.05, 4.69) is 10.3 Å². The number of halogens is 1. The molecule has 0 saturated carbocycles. The van der Waals surface area contributed by atoms with Gasteiger partial charge in [-0.3, -0.25) is 14.7 Å². The number of nitrogens with zero attached hydrogens (tertiary/aromatic N) is 3. The molecule has 0 unspecified atom stereocenters. The van der Waals surface area contributed by atoms with E-state index in [1.54, 1.807) is 12.3 Å². The Bertz CT molecular complexity index is 894. The lowest BCUT2D eigenvalue weighted by Crippen LogP contribution is -2.30. The molecule has 0 bridgehead atoms. The van der Waals surface area contributed by atoms with Gasteiger partial charge in [-0.05, 0) is 36.2 Å². The Morgan fingerprint density at radius 1 is 1.36 bits per heavy atom. The van der Waals surface area contributed by atoms with Crippen molar-refractivity contribution in [1.82, 2.24) is 15.0 Å². The smallest absolute Gasteiger partial charge is 0.404 e.